The second-order valence-electron chi connectivity index (χ2n) is 4.80. The maximum atomic E-state index is 12.5. The minimum atomic E-state index is -0.197. The first-order valence-corrected chi connectivity index (χ1v) is 7.98. The van der Waals surface area contributed by atoms with Crippen molar-refractivity contribution in [3.05, 3.63) is 74.3 Å². The highest BCUT2D eigenvalue weighted by atomic mass is 35.5. The lowest BCUT2D eigenvalue weighted by molar-refractivity contribution is 0.936. The summed E-state index contributed by atoms with van der Waals surface area (Å²) in [7, 11) is 0. The summed E-state index contributed by atoms with van der Waals surface area (Å²) in [4.78, 5) is 21.4. The third-order valence-electron chi connectivity index (χ3n) is 3.31. The average Bonchev–Trinajstić information content (AvgIpc) is 3.11. The number of hydrogen-bond acceptors (Lipinski definition) is 5. The number of hydrogen-bond donors (Lipinski definition) is 0. The molecule has 0 radical (unpaired) electrons. The Kier molecular flexibility index (Phi) is 3.40. The summed E-state index contributed by atoms with van der Waals surface area (Å²) >= 11 is 7.42. The maximum Gasteiger partial charge on any atom is 0.291 e. The first-order chi connectivity index (χ1) is 11.2. The van der Waals surface area contributed by atoms with Crippen molar-refractivity contribution < 1.29 is 0 Å². The lowest BCUT2D eigenvalue weighted by Crippen LogP contribution is -2.23. The van der Waals surface area contributed by atoms with Crippen LogP contribution in [-0.2, 0) is 0 Å². The molecule has 0 N–H and O–H groups in total. The van der Waals surface area contributed by atoms with Crippen LogP contribution in [0.25, 0.3) is 22.4 Å². The van der Waals surface area contributed by atoms with E-state index in [1.807, 2.05) is 18.2 Å². The van der Waals surface area contributed by atoms with Crippen LogP contribution < -0.4 is 10.1 Å². The van der Waals surface area contributed by atoms with Gasteiger partial charge in [-0.15, -0.1) is 5.10 Å². The monoisotopic (exact) mass is 340 g/mol. The van der Waals surface area contributed by atoms with Crippen molar-refractivity contribution in [2.24, 2.45) is 0 Å². The molecule has 0 fully saturated rings. The van der Waals surface area contributed by atoms with Gasteiger partial charge in [0.05, 0.1) is 4.53 Å². The maximum absolute atomic E-state index is 12.5. The smallest absolute Gasteiger partial charge is 0.266 e. The van der Waals surface area contributed by atoms with E-state index in [-0.39, 0.29) is 5.56 Å². The summed E-state index contributed by atoms with van der Waals surface area (Å²) < 4.78 is 1.87. The van der Waals surface area contributed by atoms with E-state index in [4.69, 9.17) is 11.6 Å². The van der Waals surface area contributed by atoms with Crippen LogP contribution in [0.15, 0.2) is 53.6 Å². The first-order valence-electron chi connectivity index (χ1n) is 6.78. The molecule has 5 nitrogen and oxygen atoms in total. The van der Waals surface area contributed by atoms with Gasteiger partial charge in [-0.1, -0.05) is 41.1 Å². The van der Waals surface area contributed by atoms with Gasteiger partial charge in [0.25, 0.3) is 5.56 Å². The predicted molar refractivity (Wildman–Crippen MR) is 90.6 cm³/mol. The predicted octanol–water partition coefficient (Wildman–Crippen LogP) is 2.41. The normalized spacial score (nSPS) is 12.1. The largest absolute Gasteiger partial charge is 0.291 e. The quantitative estimate of drug-likeness (QED) is 0.562. The SMILES string of the molecule is O=c1c(=Cc2ccccc2Cl)sc2nc(-c3ccncc3)nn12. The third kappa shape index (κ3) is 2.52. The summed E-state index contributed by atoms with van der Waals surface area (Å²) in [6, 6.07) is 11.0. The van der Waals surface area contributed by atoms with Gasteiger partial charge in [0.2, 0.25) is 4.96 Å². The zero-order valence-corrected chi connectivity index (χ0v) is 13.3. The second kappa shape index (κ2) is 5.57. The summed E-state index contributed by atoms with van der Waals surface area (Å²) in [5.41, 5.74) is 1.43. The van der Waals surface area contributed by atoms with Crippen LogP contribution in [0.2, 0.25) is 5.02 Å². The lowest BCUT2D eigenvalue weighted by Gasteiger charge is -1.94. The van der Waals surface area contributed by atoms with Crippen LogP contribution >= 0.6 is 22.9 Å². The highest BCUT2D eigenvalue weighted by molar-refractivity contribution is 7.15. The molecule has 0 atom stereocenters. The molecule has 0 saturated carbocycles. The molecule has 3 aromatic heterocycles. The number of fused-ring (bicyclic) bond motifs is 1. The molecule has 1 aromatic carbocycles. The average molecular weight is 341 g/mol. The molecule has 112 valence electrons. The molecule has 23 heavy (non-hydrogen) atoms. The zero-order valence-electron chi connectivity index (χ0n) is 11.7. The van der Waals surface area contributed by atoms with Crippen LogP contribution in [0, 0.1) is 0 Å². The minimum absolute atomic E-state index is 0.197. The van der Waals surface area contributed by atoms with Crippen LogP contribution in [-0.4, -0.2) is 19.6 Å². The van der Waals surface area contributed by atoms with E-state index in [9.17, 15) is 4.79 Å². The van der Waals surface area contributed by atoms with Crippen molar-refractivity contribution in [1.82, 2.24) is 19.6 Å². The molecule has 4 rings (SSSR count). The number of rotatable bonds is 2. The van der Waals surface area contributed by atoms with Crippen LogP contribution in [0.1, 0.15) is 5.56 Å². The molecule has 3 heterocycles. The van der Waals surface area contributed by atoms with Gasteiger partial charge in [0.15, 0.2) is 5.82 Å². The standard InChI is InChI=1S/C16H9ClN4OS/c17-12-4-2-1-3-11(12)9-13-15(22)21-16(23-13)19-14(20-21)10-5-7-18-8-6-10/h1-9H. The van der Waals surface area contributed by atoms with Crippen molar-refractivity contribution in [2.75, 3.05) is 0 Å². The number of nitrogens with zero attached hydrogens (tertiary/aromatic N) is 4. The molecule has 7 heteroatoms. The second-order valence-corrected chi connectivity index (χ2v) is 6.22. The molecule has 0 aliphatic carbocycles. The van der Waals surface area contributed by atoms with Gasteiger partial charge in [-0.05, 0) is 29.8 Å². The summed E-state index contributed by atoms with van der Waals surface area (Å²) in [6.07, 6.45) is 5.09. The zero-order chi connectivity index (χ0) is 15.8. The molecule has 0 aliphatic heterocycles. The minimum Gasteiger partial charge on any atom is -0.266 e. The lowest BCUT2D eigenvalue weighted by atomic mass is 10.2. The molecule has 0 saturated heterocycles. The van der Waals surface area contributed by atoms with Crippen molar-refractivity contribution in [3.63, 3.8) is 0 Å². The Morgan fingerprint density at radius 3 is 2.65 bits per heavy atom. The molecule has 0 amide bonds. The fraction of sp³-hybridized carbons (Fsp3) is 0. The Labute approximate surface area is 139 Å². The van der Waals surface area contributed by atoms with E-state index < -0.39 is 0 Å². The molecule has 0 bridgehead atoms. The van der Waals surface area contributed by atoms with Gasteiger partial charge in [-0.25, -0.2) is 0 Å². The van der Waals surface area contributed by atoms with Crippen molar-refractivity contribution in [2.45, 2.75) is 0 Å². The Hall–Kier alpha value is -2.57. The highest BCUT2D eigenvalue weighted by Gasteiger charge is 2.11. The molecule has 0 spiro atoms. The third-order valence-corrected chi connectivity index (χ3v) is 4.62. The van der Waals surface area contributed by atoms with E-state index in [2.05, 4.69) is 15.1 Å². The number of pyridine rings is 1. The number of halogens is 1. The van der Waals surface area contributed by atoms with Gasteiger partial charge < -0.3 is 0 Å². The Morgan fingerprint density at radius 2 is 1.91 bits per heavy atom. The van der Waals surface area contributed by atoms with E-state index in [0.29, 0.717) is 20.3 Å². The van der Waals surface area contributed by atoms with E-state index in [0.717, 1.165) is 11.1 Å². The van der Waals surface area contributed by atoms with Crippen molar-refractivity contribution in [1.29, 1.82) is 0 Å². The van der Waals surface area contributed by atoms with Crippen molar-refractivity contribution in [3.8, 4) is 11.4 Å². The van der Waals surface area contributed by atoms with E-state index >= 15 is 0 Å². The fourth-order valence-electron chi connectivity index (χ4n) is 2.19. The molecular formula is C16H9ClN4OS. The van der Waals surface area contributed by atoms with Gasteiger partial charge in [0.1, 0.15) is 0 Å². The number of benzene rings is 1. The summed E-state index contributed by atoms with van der Waals surface area (Å²) in [6.45, 7) is 0. The first kappa shape index (κ1) is 14.0. The summed E-state index contributed by atoms with van der Waals surface area (Å²) in [5, 5.41) is 4.89. The van der Waals surface area contributed by atoms with E-state index in [1.54, 1.807) is 36.7 Å². The van der Waals surface area contributed by atoms with E-state index in [1.165, 1.54) is 15.9 Å². The van der Waals surface area contributed by atoms with Crippen LogP contribution in [0.3, 0.4) is 0 Å². The van der Waals surface area contributed by atoms with Gasteiger partial charge in [-0.3, -0.25) is 9.78 Å². The Balaban J connectivity index is 1.86. The van der Waals surface area contributed by atoms with Gasteiger partial charge in [-0.2, -0.15) is 9.50 Å². The van der Waals surface area contributed by atoms with Crippen LogP contribution in [0.5, 0.6) is 0 Å². The number of thiazole rings is 1. The Bertz CT molecular complexity index is 1100. The summed E-state index contributed by atoms with van der Waals surface area (Å²) in [5.74, 6) is 0.514. The molecule has 0 aliphatic rings. The topological polar surface area (TPSA) is 60.2 Å². The van der Waals surface area contributed by atoms with Crippen LogP contribution in [0.4, 0.5) is 0 Å². The molecule has 0 unspecified atom stereocenters. The Morgan fingerprint density at radius 1 is 1.13 bits per heavy atom. The van der Waals surface area contributed by atoms with Gasteiger partial charge >= 0.3 is 0 Å². The fourth-order valence-corrected chi connectivity index (χ4v) is 3.28. The van der Waals surface area contributed by atoms with Gasteiger partial charge in [0, 0.05) is 23.0 Å². The molecular weight excluding hydrogens is 332 g/mol. The molecule has 4 aromatic rings. The highest BCUT2D eigenvalue weighted by Crippen LogP contribution is 2.17. The number of aromatic nitrogens is 4. The van der Waals surface area contributed by atoms with Crippen molar-refractivity contribution >= 4 is 34.0 Å².